The Morgan fingerprint density at radius 3 is 3.11 bits per heavy atom. The fourth-order valence-electron chi connectivity index (χ4n) is 2.63. The molecule has 1 amide bonds. The molecule has 5 nitrogen and oxygen atoms in total. The molecular formula is C14H23N3O2. The van der Waals surface area contributed by atoms with Gasteiger partial charge in [-0.05, 0) is 26.2 Å². The van der Waals surface area contributed by atoms with Crippen LogP contribution in [0, 0.1) is 6.92 Å². The number of nitrogens with zero attached hydrogens (tertiary/aromatic N) is 2. The molecule has 1 unspecified atom stereocenters. The number of carbonyl (C=O) groups excluding carboxylic acids is 1. The highest BCUT2D eigenvalue weighted by Gasteiger charge is 2.34. The molecule has 2 rings (SSSR count). The first-order valence-corrected chi connectivity index (χ1v) is 7.12. The van der Waals surface area contributed by atoms with E-state index >= 15 is 0 Å². The minimum atomic E-state index is -0.385. The number of hydrogen-bond donors (Lipinski definition) is 1. The summed E-state index contributed by atoms with van der Waals surface area (Å²) in [6, 6.07) is 1.54. The van der Waals surface area contributed by atoms with Gasteiger partial charge in [0.1, 0.15) is 0 Å². The summed E-state index contributed by atoms with van der Waals surface area (Å²) >= 11 is 0. The normalized spacial score (nSPS) is 20.8. The Labute approximate surface area is 114 Å². The van der Waals surface area contributed by atoms with Crippen LogP contribution in [0.25, 0.3) is 0 Å². The molecule has 0 aliphatic carbocycles. The van der Waals surface area contributed by atoms with Crippen LogP contribution in [0.1, 0.15) is 56.5 Å². The summed E-state index contributed by atoms with van der Waals surface area (Å²) < 4.78 is 5.30. The first-order chi connectivity index (χ1) is 9.13. The first kappa shape index (κ1) is 14.1. The zero-order valence-electron chi connectivity index (χ0n) is 11.8. The Kier molecular flexibility index (Phi) is 4.58. The Balaban J connectivity index is 2.04. The van der Waals surface area contributed by atoms with E-state index in [4.69, 9.17) is 10.3 Å². The molecule has 0 aromatic carbocycles. The molecule has 0 spiro atoms. The Morgan fingerprint density at radius 2 is 2.47 bits per heavy atom. The Morgan fingerprint density at radius 1 is 1.68 bits per heavy atom. The number of unbranched alkanes of at least 4 members (excludes halogenated alkanes) is 1. The number of carbonyl (C=O) groups is 1. The van der Waals surface area contributed by atoms with Crippen molar-refractivity contribution in [1.29, 1.82) is 0 Å². The van der Waals surface area contributed by atoms with Gasteiger partial charge in [0.25, 0.3) is 0 Å². The molecule has 1 aliphatic heterocycles. The summed E-state index contributed by atoms with van der Waals surface area (Å²) in [4.78, 5) is 14.2. The van der Waals surface area contributed by atoms with E-state index in [0.29, 0.717) is 0 Å². The Bertz CT molecular complexity index is 430. The van der Waals surface area contributed by atoms with Crippen molar-refractivity contribution in [3.63, 3.8) is 0 Å². The molecule has 1 fully saturated rings. The van der Waals surface area contributed by atoms with Gasteiger partial charge in [-0.15, -0.1) is 0 Å². The van der Waals surface area contributed by atoms with Crippen LogP contribution in [0.2, 0.25) is 0 Å². The molecule has 1 saturated heterocycles. The molecule has 1 aromatic heterocycles. The number of nitrogens with two attached hydrogens (primary N) is 1. The monoisotopic (exact) mass is 265 g/mol. The first-order valence-electron chi connectivity index (χ1n) is 7.12. The van der Waals surface area contributed by atoms with Gasteiger partial charge in [-0.3, -0.25) is 4.79 Å². The lowest BCUT2D eigenvalue weighted by Gasteiger charge is -2.25. The molecule has 106 valence electrons. The van der Waals surface area contributed by atoms with Crippen LogP contribution in [0.3, 0.4) is 0 Å². The fourth-order valence-corrected chi connectivity index (χ4v) is 2.63. The zero-order chi connectivity index (χ0) is 13.8. The summed E-state index contributed by atoms with van der Waals surface area (Å²) in [6.07, 6.45) is 4.74. The smallest absolute Gasteiger partial charge is 0.240 e. The number of hydrogen-bond acceptors (Lipinski definition) is 4. The third-order valence-electron chi connectivity index (χ3n) is 3.70. The molecule has 1 aromatic rings. The second-order valence-electron chi connectivity index (χ2n) is 5.31. The summed E-state index contributed by atoms with van der Waals surface area (Å²) in [7, 11) is 0. The quantitative estimate of drug-likeness (QED) is 0.885. The maximum atomic E-state index is 12.4. The lowest BCUT2D eigenvalue weighted by Crippen LogP contribution is -2.43. The van der Waals surface area contributed by atoms with Crippen LogP contribution >= 0.6 is 0 Å². The third kappa shape index (κ3) is 3.15. The van der Waals surface area contributed by atoms with E-state index in [9.17, 15) is 4.79 Å². The maximum Gasteiger partial charge on any atom is 0.240 e. The molecule has 1 aliphatic rings. The van der Waals surface area contributed by atoms with Crippen molar-refractivity contribution in [2.45, 2.75) is 58.0 Å². The average Bonchev–Trinajstić information content (AvgIpc) is 3.03. The topological polar surface area (TPSA) is 72.4 Å². The van der Waals surface area contributed by atoms with E-state index in [0.717, 1.165) is 50.1 Å². The SMILES string of the molecule is CCCC[C@H](N)C(=O)N1CCCC1c1cc(C)no1. The number of likely N-dealkylation sites (tertiary alicyclic amines) is 1. The predicted octanol–water partition coefficient (Wildman–Crippen LogP) is 2.16. The van der Waals surface area contributed by atoms with Crippen molar-refractivity contribution in [2.24, 2.45) is 5.73 Å². The second-order valence-corrected chi connectivity index (χ2v) is 5.31. The summed E-state index contributed by atoms with van der Waals surface area (Å²) in [5.41, 5.74) is 6.84. The highest BCUT2D eigenvalue weighted by molar-refractivity contribution is 5.82. The van der Waals surface area contributed by atoms with Gasteiger partial charge < -0.3 is 15.2 Å². The van der Waals surface area contributed by atoms with Crippen LogP contribution in [-0.2, 0) is 4.79 Å². The van der Waals surface area contributed by atoms with Crippen molar-refractivity contribution < 1.29 is 9.32 Å². The van der Waals surface area contributed by atoms with Crippen molar-refractivity contribution in [3.8, 4) is 0 Å². The summed E-state index contributed by atoms with van der Waals surface area (Å²) in [5.74, 6) is 0.830. The second kappa shape index (κ2) is 6.19. The molecule has 5 heteroatoms. The van der Waals surface area contributed by atoms with Crippen molar-refractivity contribution >= 4 is 5.91 Å². The molecule has 2 atom stereocenters. The predicted molar refractivity (Wildman–Crippen MR) is 72.4 cm³/mol. The third-order valence-corrected chi connectivity index (χ3v) is 3.70. The fraction of sp³-hybridized carbons (Fsp3) is 0.714. The van der Waals surface area contributed by atoms with E-state index in [1.54, 1.807) is 0 Å². The number of amides is 1. The van der Waals surface area contributed by atoms with E-state index in [-0.39, 0.29) is 18.0 Å². The van der Waals surface area contributed by atoms with E-state index in [2.05, 4.69) is 12.1 Å². The molecular weight excluding hydrogens is 242 g/mol. The van der Waals surface area contributed by atoms with Crippen LogP contribution in [0.5, 0.6) is 0 Å². The van der Waals surface area contributed by atoms with Crippen molar-refractivity contribution in [1.82, 2.24) is 10.1 Å². The number of aryl methyl sites for hydroxylation is 1. The molecule has 2 N–H and O–H groups in total. The van der Waals surface area contributed by atoms with Gasteiger partial charge in [0, 0.05) is 12.6 Å². The summed E-state index contributed by atoms with van der Waals surface area (Å²) in [5, 5.41) is 3.91. The van der Waals surface area contributed by atoms with Gasteiger partial charge in [0.15, 0.2) is 5.76 Å². The van der Waals surface area contributed by atoms with Gasteiger partial charge in [-0.2, -0.15) is 0 Å². The van der Waals surface area contributed by atoms with E-state index in [1.807, 2.05) is 17.9 Å². The van der Waals surface area contributed by atoms with E-state index < -0.39 is 0 Å². The van der Waals surface area contributed by atoms with Crippen LogP contribution in [-0.4, -0.2) is 28.6 Å². The Hall–Kier alpha value is -1.36. The minimum absolute atomic E-state index is 0.0152. The lowest BCUT2D eigenvalue weighted by atomic mass is 10.1. The average molecular weight is 265 g/mol. The number of aromatic nitrogens is 1. The van der Waals surface area contributed by atoms with Crippen LogP contribution in [0.4, 0.5) is 0 Å². The highest BCUT2D eigenvalue weighted by atomic mass is 16.5. The highest BCUT2D eigenvalue weighted by Crippen LogP contribution is 2.32. The molecule has 19 heavy (non-hydrogen) atoms. The van der Waals surface area contributed by atoms with Crippen molar-refractivity contribution in [3.05, 3.63) is 17.5 Å². The van der Waals surface area contributed by atoms with Gasteiger partial charge in [0.05, 0.1) is 17.8 Å². The molecule has 0 saturated carbocycles. The number of rotatable bonds is 5. The standard InChI is InChI=1S/C14H23N3O2/c1-3-4-6-11(15)14(18)17-8-5-7-12(17)13-9-10(2)16-19-13/h9,11-12H,3-8,15H2,1-2H3/t11-,12?/m0/s1. The minimum Gasteiger partial charge on any atom is -0.359 e. The molecule has 2 heterocycles. The van der Waals surface area contributed by atoms with Gasteiger partial charge in [-0.1, -0.05) is 24.9 Å². The zero-order valence-corrected chi connectivity index (χ0v) is 11.8. The maximum absolute atomic E-state index is 12.4. The van der Waals surface area contributed by atoms with Gasteiger partial charge >= 0.3 is 0 Å². The molecule has 0 radical (unpaired) electrons. The van der Waals surface area contributed by atoms with Gasteiger partial charge in [0.2, 0.25) is 5.91 Å². The molecule has 0 bridgehead atoms. The summed E-state index contributed by atoms with van der Waals surface area (Å²) in [6.45, 7) is 4.76. The van der Waals surface area contributed by atoms with Crippen LogP contribution in [0.15, 0.2) is 10.6 Å². The van der Waals surface area contributed by atoms with Gasteiger partial charge in [-0.25, -0.2) is 0 Å². The largest absolute Gasteiger partial charge is 0.359 e. The van der Waals surface area contributed by atoms with Crippen LogP contribution < -0.4 is 5.73 Å². The van der Waals surface area contributed by atoms with E-state index in [1.165, 1.54) is 0 Å². The van der Waals surface area contributed by atoms with Crippen molar-refractivity contribution in [2.75, 3.05) is 6.54 Å². The lowest BCUT2D eigenvalue weighted by molar-refractivity contribution is -0.134.